The summed E-state index contributed by atoms with van der Waals surface area (Å²) in [6.07, 6.45) is 0.722. The quantitative estimate of drug-likeness (QED) is 0.679. The molecule has 6 nitrogen and oxygen atoms in total. The van der Waals surface area contributed by atoms with Crippen molar-refractivity contribution < 1.29 is 9.53 Å². The van der Waals surface area contributed by atoms with Gasteiger partial charge in [0.25, 0.3) is 5.56 Å². The second-order valence-corrected chi connectivity index (χ2v) is 7.38. The Balaban J connectivity index is 1.58. The number of amides is 1. The summed E-state index contributed by atoms with van der Waals surface area (Å²) in [7, 11) is 0. The highest BCUT2D eigenvalue weighted by Gasteiger charge is 2.14. The van der Waals surface area contributed by atoms with Gasteiger partial charge in [-0.3, -0.25) is 13.5 Å². The van der Waals surface area contributed by atoms with E-state index in [1.165, 1.54) is 15.5 Å². The molecule has 0 aliphatic carbocycles. The van der Waals surface area contributed by atoms with Crippen molar-refractivity contribution in [1.82, 2.24) is 14.3 Å². The fourth-order valence-electron chi connectivity index (χ4n) is 2.95. The molecular formula is C20H23N3O3S. The van der Waals surface area contributed by atoms with Crippen LogP contribution < -0.4 is 15.6 Å². The number of nitrogens with one attached hydrogen (secondary N) is 1. The Kier molecular flexibility index (Phi) is 5.91. The molecule has 7 heteroatoms. The number of aryl methyl sites for hydroxylation is 2. The monoisotopic (exact) mass is 385 g/mol. The van der Waals surface area contributed by atoms with Crippen molar-refractivity contribution in [3.8, 4) is 5.75 Å². The largest absolute Gasteiger partial charge is 0.494 e. The predicted octanol–water partition coefficient (Wildman–Crippen LogP) is 2.83. The molecular weight excluding hydrogens is 362 g/mol. The molecule has 1 aromatic carbocycles. The molecule has 0 radical (unpaired) electrons. The van der Waals surface area contributed by atoms with Crippen LogP contribution in [0.25, 0.3) is 10.2 Å². The molecule has 0 saturated heterocycles. The summed E-state index contributed by atoms with van der Waals surface area (Å²) in [5.41, 5.74) is 2.73. The molecule has 0 fully saturated rings. The number of rotatable bonds is 7. The zero-order valence-corrected chi connectivity index (χ0v) is 16.6. The lowest BCUT2D eigenvalue weighted by atomic mass is 10.1. The second-order valence-electron chi connectivity index (χ2n) is 6.37. The van der Waals surface area contributed by atoms with E-state index in [0.717, 1.165) is 29.0 Å². The Morgan fingerprint density at radius 3 is 2.70 bits per heavy atom. The van der Waals surface area contributed by atoms with Crippen molar-refractivity contribution in [2.45, 2.75) is 33.7 Å². The van der Waals surface area contributed by atoms with Gasteiger partial charge in [0, 0.05) is 12.2 Å². The van der Waals surface area contributed by atoms with Crippen molar-refractivity contribution in [2.75, 3.05) is 13.2 Å². The summed E-state index contributed by atoms with van der Waals surface area (Å²) in [5.74, 6) is 0.664. The molecule has 2 aromatic heterocycles. The number of ether oxygens (including phenoxy) is 1. The van der Waals surface area contributed by atoms with Crippen LogP contribution >= 0.6 is 11.5 Å². The van der Waals surface area contributed by atoms with Gasteiger partial charge in [0.05, 0.1) is 12.0 Å². The number of carbonyl (C=O) groups is 1. The molecule has 142 valence electrons. The van der Waals surface area contributed by atoms with Crippen molar-refractivity contribution in [1.29, 1.82) is 0 Å². The topological polar surface area (TPSA) is 73.2 Å². The molecule has 0 unspecified atom stereocenters. The summed E-state index contributed by atoms with van der Waals surface area (Å²) < 4.78 is 6.88. The minimum Gasteiger partial charge on any atom is -0.494 e. The first-order chi connectivity index (χ1) is 13.0. The maximum Gasteiger partial charge on any atom is 0.270 e. The van der Waals surface area contributed by atoms with Crippen LogP contribution in [0.5, 0.6) is 5.75 Å². The van der Waals surface area contributed by atoms with Crippen LogP contribution in [0, 0.1) is 13.8 Å². The van der Waals surface area contributed by atoms with E-state index in [2.05, 4.69) is 10.3 Å². The SMILES string of the molecule is CCOc1ccc(CCNC(=O)Cn2sc3nc(C)cc(C)c3c2=O)cc1. The Morgan fingerprint density at radius 1 is 1.26 bits per heavy atom. The summed E-state index contributed by atoms with van der Waals surface area (Å²) in [4.78, 5) is 29.8. The number of aromatic nitrogens is 2. The third-order valence-corrected chi connectivity index (χ3v) is 5.19. The minimum atomic E-state index is -0.177. The van der Waals surface area contributed by atoms with E-state index < -0.39 is 0 Å². The molecule has 3 rings (SSSR count). The van der Waals surface area contributed by atoms with Crippen LogP contribution in [0.1, 0.15) is 23.7 Å². The number of hydrogen-bond donors (Lipinski definition) is 1. The number of nitrogens with zero attached hydrogens (tertiary/aromatic N) is 2. The summed E-state index contributed by atoms with van der Waals surface area (Å²) in [5, 5.41) is 3.48. The Labute approximate surface area is 162 Å². The third-order valence-electron chi connectivity index (χ3n) is 4.21. The van der Waals surface area contributed by atoms with Gasteiger partial charge < -0.3 is 10.1 Å². The fourth-order valence-corrected chi connectivity index (χ4v) is 4.04. The van der Waals surface area contributed by atoms with E-state index in [-0.39, 0.29) is 18.0 Å². The molecule has 1 amide bonds. The van der Waals surface area contributed by atoms with Crippen molar-refractivity contribution in [3.05, 3.63) is 57.5 Å². The van der Waals surface area contributed by atoms with Gasteiger partial charge in [-0.15, -0.1) is 0 Å². The Bertz CT molecular complexity index is 1010. The second kappa shape index (κ2) is 8.35. The van der Waals surface area contributed by atoms with Gasteiger partial charge in [-0.05, 0) is 68.1 Å². The number of pyridine rings is 1. The molecule has 0 bridgehead atoms. The van der Waals surface area contributed by atoms with Gasteiger partial charge in [0.2, 0.25) is 5.91 Å². The molecule has 1 N–H and O–H groups in total. The molecule has 0 aliphatic rings. The van der Waals surface area contributed by atoms with E-state index in [9.17, 15) is 9.59 Å². The average molecular weight is 385 g/mol. The van der Waals surface area contributed by atoms with E-state index in [1.54, 1.807) is 0 Å². The highest BCUT2D eigenvalue weighted by molar-refractivity contribution is 7.13. The standard InChI is InChI=1S/C20H23N3O3S/c1-4-26-16-7-5-15(6-8-16)9-10-21-17(24)12-23-20(25)18-13(2)11-14(3)22-19(18)27-23/h5-8,11H,4,9-10,12H2,1-3H3,(H,21,24). The minimum absolute atomic E-state index is 0.0155. The molecule has 0 spiro atoms. The Morgan fingerprint density at radius 2 is 2.00 bits per heavy atom. The maximum absolute atomic E-state index is 12.5. The first kappa shape index (κ1) is 19.1. The molecule has 0 aliphatic heterocycles. The molecule has 0 atom stereocenters. The van der Waals surface area contributed by atoms with E-state index in [1.807, 2.05) is 51.1 Å². The normalized spacial score (nSPS) is 10.9. The summed E-state index contributed by atoms with van der Waals surface area (Å²) >= 11 is 1.23. The molecule has 27 heavy (non-hydrogen) atoms. The first-order valence-electron chi connectivity index (χ1n) is 8.94. The average Bonchev–Trinajstić information content (AvgIpc) is 2.92. The summed E-state index contributed by atoms with van der Waals surface area (Å²) in [6.45, 7) is 6.91. The lowest BCUT2D eigenvalue weighted by Crippen LogP contribution is -2.31. The lowest BCUT2D eigenvalue weighted by Gasteiger charge is -2.07. The van der Waals surface area contributed by atoms with Crippen LogP contribution in [0.3, 0.4) is 0 Å². The number of hydrogen-bond acceptors (Lipinski definition) is 5. The van der Waals surface area contributed by atoms with Crippen LogP contribution in [-0.4, -0.2) is 28.0 Å². The van der Waals surface area contributed by atoms with Gasteiger partial charge in [0.1, 0.15) is 17.1 Å². The lowest BCUT2D eigenvalue weighted by molar-refractivity contribution is -0.121. The van der Waals surface area contributed by atoms with Gasteiger partial charge in [-0.1, -0.05) is 12.1 Å². The Hall–Kier alpha value is -2.67. The van der Waals surface area contributed by atoms with Crippen LogP contribution in [-0.2, 0) is 17.8 Å². The highest BCUT2D eigenvalue weighted by atomic mass is 32.1. The highest BCUT2D eigenvalue weighted by Crippen LogP contribution is 2.19. The van der Waals surface area contributed by atoms with Gasteiger partial charge >= 0.3 is 0 Å². The zero-order valence-electron chi connectivity index (χ0n) is 15.7. The van der Waals surface area contributed by atoms with E-state index >= 15 is 0 Å². The third kappa shape index (κ3) is 4.54. The number of carbonyl (C=O) groups excluding carboxylic acids is 1. The molecule has 3 aromatic rings. The fraction of sp³-hybridized carbons (Fsp3) is 0.350. The van der Waals surface area contributed by atoms with Crippen molar-refractivity contribution in [3.63, 3.8) is 0 Å². The zero-order chi connectivity index (χ0) is 19.4. The van der Waals surface area contributed by atoms with Crippen LogP contribution in [0.4, 0.5) is 0 Å². The van der Waals surface area contributed by atoms with Gasteiger partial charge in [-0.2, -0.15) is 0 Å². The predicted molar refractivity (Wildman–Crippen MR) is 108 cm³/mol. The van der Waals surface area contributed by atoms with Crippen molar-refractivity contribution >= 4 is 27.7 Å². The first-order valence-corrected chi connectivity index (χ1v) is 9.71. The van der Waals surface area contributed by atoms with Crippen molar-refractivity contribution in [2.24, 2.45) is 0 Å². The molecule has 2 heterocycles. The smallest absolute Gasteiger partial charge is 0.270 e. The molecule has 0 saturated carbocycles. The van der Waals surface area contributed by atoms with E-state index in [0.29, 0.717) is 23.4 Å². The summed E-state index contributed by atoms with van der Waals surface area (Å²) in [6, 6.07) is 9.72. The van der Waals surface area contributed by atoms with Gasteiger partial charge in [0.15, 0.2) is 0 Å². The maximum atomic E-state index is 12.5. The van der Waals surface area contributed by atoms with Gasteiger partial charge in [-0.25, -0.2) is 4.98 Å². The number of benzene rings is 1. The van der Waals surface area contributed by atoms with E-state index in [4.69, 9.17) is 4.74 Å². The van der Waals surface area contributed by atoms with Crippen LogP contribution in [0.15, 0.2) is 35.1 Å². The number of fused-ring (bicyclic) bond motifs is 1. The van der Waals surface area contributed by atoms with Crippen LogP contribution in [0.2, 0.25) is 0 Å².